The zero-order chi connectivity index (χ0) is 64.1. The standard InChI is InChI=1S/C50H77N9O25/c1-5-9-35(61)52-26(43(69)70)13-21-41(67)58-32(49(80)83-7-3)16-24-38(64)55-28(45(73)74)12-20-37(63)54-30(47(77)78)15-23-42(68)59-33(50(81)84-8-4)17-25-39(65)56-27(44(71)72)11-19-36(62)53-29(46(75)76)14-22-40(66)57-31(10-18-34(51)60)48(79)82-6-2/h26-33H,5-25H2,1-4H3,(H2,51,60)(H,52,61)(H,53,62)(H,54,63)(H,55,64)(H,56,65)(H,57,66)(H,58,67)(H,59,68)(H,69,70)(H,71,72)(H,73,74)(H,75,76)(H,77,78). The largest absolute Gasteiger partial charge is 0.480 e. The Morgan fingerprint density at radius 3 is 0.619 bits per heavy atom. The van der Waals surface area contributed by atoms with Crippen molar-refractivity contribution in [1.82, 2.24) is 42.5 Å². The van der Waals surface area contributed by atoms with Crippen LogP contribution in [0.4, 0.5) is 0 Å². The van der Waals surface area contributed by atoms with Gasteiger partial charge in [-0.25, -0.2) is 38.4 Å². The third-order valence-corrected chi connectivity index (χ3v) is 11.7. The molecule has 0 saturated carbocycles. The van der Waals surface area contributed by atoms with Gasteiger partial charge >= 0.3 is 47.8 Å². The quantitative estimate of drug-likeness (QED) is 0.0208. The summed E-state index contributed by atoms with van der Waals surface area (Å²) in [5.74, 6) is -18.7. The molecule has 15 N–H and O–H groups in total. The molecule has 0 heterocycles. The number of nitrogens with two attached hydrogens (primary N) is 1. The number of nitrogens with one attached hydrogen (secondary N) is 8. The molecule has 0 bridgehead atoms. The number of rotatable bonds is 45. The van der Waals surface area contributed by atoms with Crippen LogP contribution < -0.4 is 48.3 Å². The number of carboxylic acid groups (broad SMARTS) is 5. The number of aliphatic carboxylic acids is 5. The molecule has 0 aliphatic rings. The maximum Gasteiger partial charge on any atom is 0.328 e. The van der Waals surface area contributed by atoms with E-state index >= 15 is 0 Å². The molecule has 0 saturated heterocycles. The molecule has 0 radical (unpaired) electrons. The van der Waals surface area contributed by atoms with E-state index in [0.717, 1.165) is 0 Å². The number of carbonyl (C=O) groups is 17. The second-order valence-corrected chi connectivity index (χ2v) is 18.4. The van der Waals surface area contributed by atoms with Crippen LogP contribution in [0.1, 0.15) is 143 Å². The molecule has 0 fully saturated rings. The monoisotopic (exact) mass is 1200 g/mol. The third kappa shape index (κ3) is 33.0. The highest BCUT2D eigenvalue weighted by atomic mass is 16.5. The lowest BCUT2D eigenvalue weighted by molar-refractivity contribution is -0.148. The van der Waals surface area contributed by atoms with Crippen LogP contribution in [-0.2, 0) is 95.7 Å². The van der Waals surface area contributed by atoms with Crippen molar-refractivity contribution >= 4 is 101 Å². The van der Waals surface area contributed by atoms with Crippen LogP contribution in [0.3, 0.4) is 0 Å². The number of carbonyl (C=O) groups excluding carboxylic acids is 12. The highest BCUT2D eigenvalue weighted by Crippen LogP contribution is 2.11. The molecule has 472 valence electrons. The molecule has 0 aromatic carbocycles. The van der Waals surface area contributed by atoms with Gasteiger partial charge in [0.05, 0.1) is 19.8 Å². The molecule has 34 nitrogen and oxygen atoms in total. The van der Waals surface area contributed by atoms with Crippen LogP contribution in [0.2, 0.25) is 0 Å². The van der Waals surface area contributed by atoms with Gasteiger partial charge in [0.1, 0.15) is 48.3 Å². The molecule has 9 amide bonds. The smallest absolute Gasteiger partial charge is 0.328 e. The molecule has 0 spiro atoms. The maximum absolute atomic E-state index is 13.0. The zero-order valence-corrected chi connectivity index (χ0v) is 46.9. The second kappa shape index (κ2) is 41.1. The van der Waals surface area contributed by atoms with E-state index in [9.17, 15) is 107 Å². The van der Waals surface area contributed by atoms with Crippen molar-refractivity contribution in [3.05, 3.63) is 0 Å². The van der Waals surface area contributed by atoms with Gasteiger partial charge in [-0.1, -0.05) is 6.92 Å². The van der Waals surface area contributed by atoms with E-state index in [2.05, 4.69) is 42.5 Å². The molecule has 0 aromatic heterocycles. The minimum Gasteiger partial charge on any atom is -0.480 e. The molecule has 84 heavy (non-hydrogen) atoms. The number of primary amides is 1. The number of esters is 3. The van der Waals surface area contributed by atoms with Crippen LogP contribution >= 0.6 is 0 Å². The van der Waals surface area contributed by atoms with Gasteiger partial charge in [-0.3, -0.25) is 43.2 Å². The number of amides is 9. The molecule has 0 aliphatic heterocycles. The summed E-state index contributed by atoms with van der Waals surface area (Å²) in [6.45, 7) is 5.68. The lowest BCUT2D eigenvalue weighted by atomic mass is 10.1. The molecular weight excluding hydrogens is 1130 g/mol. The van der Waals surface area contributed by atoms with Gasteiger partial charge in [-0.05, 0) is 78.6 Å². The summed E-state index contributed by atoms with van der Waals surface area (Å²) < 4.78 is 14.7. The summed E-state index contributed by atoms with van der Waals surface area (Å²) in [5.41, 5.74) is 5.11. The van der Waals surface area contributed by atoms with E-state index in [1.165, 1.54) is 20.8 Å². The number of hydrogen-bond acceptors (Lipinski definition) is 20. The average Bonchev–Trinajstić information content (AvgIpc) is 3.45. The van der Waals surface area contributed by atoms with Crippen molar-refractivity contribution in [2.75, 3.05) is 19.8 Å². The lowest BCUT2D eigenvalue weighted by Crippen LogP contribution is -2.46. The van der Waals surface area contributed by atoms with Crippen molar-refractivity contribution < 1.29 is 121 Å². The van der Waals surface area contributed by atoms with Crippen LogP contribution in [-0.4, -0.2) is 195 Å². The highest BCUT2D eigenvalue weighted by Gasteiger charge is 2.31. The molecule has 0 aliphatic carbocycles. The van der Waals surface area contributed by atoms with E-state index in [1.807, 2.05) is 0 Å². The van der Waals surface area contributed by atoms with Gasteiger partial charge in [-0.15, -0.1) is 0 Å². The maximum atomic E-state index is 13.0. The Balaban J connectivity index is 5.47. The fourth-order valence-corrected chi connectivity index (χ4v) is 7.34. The van der Waals surface area contributed by atoms with Crippen LogP contribution in [0.15, 0.2) is 0 Å². The first-order chi connectivity index (χ1) is 39.5. The van der Waals surface area contributed by atoms with Gasteiger partial charge in [0.2, 0.25) is 53.2 Å². The number of carboxylic acids is 5. The third-order valence-electron chi connectivity index (χ3n) is 11.7. The minimum atomic E-state index is -1.77. The zero-order valence-electron chi connectivity index (χ0n) is 46.9. The van der Waals surface area contributed by atoms with E-state index in [4.69, 9.17) is 19.9 Å². The molecule has 34 heteroatoms. The SMILES string of the molecule is CCCC(=O)NC(CCC(=O)NC(CCC(=O)NC(CCC(=O)NC(CCC(=O)NC(CCC(=O)NC(CCC(=O)NC(CCC(=O)NC(CCC(N)=O)C(=O)OCC)C(=O)O)C(=O)O)C(=O)OCC)C(=O)O)C(=O)O)C(=O)OCC)C(=O)O. The van der Waals surface area contributed by atoms with Gasteiger partial charge in [0.15, 0.2) is 0 Å². The molecule has 8 unspecified atom stereocenters. The number of ether oxygens (including phenoxy) is 3. The van der Waals surface area contributed by atoms with Gasteiger partial charge < -0.3 is 88.0 Å². The molecule has 8 atom stereocenters. The Morgan fingerprint density at radius 2 is 0.452 bits per heavy atom. The van der Waals surface area contributed by atoms with Crippen molar-refractivity contribution in [1.29, 1.82) is 0 Å². The molecule has 0 rings (SSSR count). The summed E-state index contributed by atoms with van der Waals surface area (Å²) in [6, 6.07) is -12.6. The number of hydrogen-bond donors (Lipinski definition) is 14. The minimum absolute atomic E-state index is 0.0443. The van der Waals surface area contributed by atoms with Gasteiger partial charge in [0.25, 0.3) is 0 Å². The summed E-state index contributed by atoms with van der Waals surface area (Å²) in [4.78, 5) is 210. The summed E-state index contributed by atoms with van der Waals surface area (Å²) in [6.07, 6.45) is -7.83. The predicted octanol–water partition coefficient (Wildman–Crippen LogP) is -3.50. The van der Waals surface area contributed by atoms with Crippen molar-refractivity contribution in [3.8, 4) is 0 Å². The normalized spacial score (nSPS) is 13.5. The van der Waals surface area contributed by atoms with E-state index in [-0.39, 0.29) is 45.5 Å². The summed E-state index contributed by atoms with van der Waals surface area (Å²) in [7, 11) is 0. The summed E-state index contributed by atoms with van der Waals surface area (Å²) in [5, 5.41) is 66.0. The van der Waals surface area contributed by atoms with Crippen LogP contribution in [0.5, 0.6) is 0 Å². The Hall–Kier alpha value is -9.01. The van der Waals surface area contributed by atoms with Crippen LogP contribution in [0, 0.1) is 0 Å². The molecule has 0 aromatic rings. The fourth-order valence-electron chi connectivity index (χ4n) is 7.34. The van der Waals surface area contributed by atoms with E-state index < -0.39 is 233 Å². The first-order valence-corrected chi connectivity index (χ1v) is 26.8. The first kappa shape index (κ1) is 75.0. The summed E-state index contributed by atoms with van der Waals surface area (Å²) >= 11 is 0. The second-order valence-electron chi connectivity index (χ2n) is 18.4. The Labute approximate surface area is 480 Å². The van der Waals surface area contributed by atoms with E-state index in [1.54, 1.807) is 6.92 Å². The van der Waals surface area contributed by atoms with Gasteiger partial charge in [-0.2, -0.15) is 0 Å². The lowest BCUT2D eigenvalue weighted by Gasteiger charge is -2.20. The van der Waals surface area contributed by atoms with Gasteiger partial charge in [0, 0.05) is 57.8 Å². The fraction of sp³-hybridized carbons (Fsp3) is 0.660. The van der Waals surface area contributed by atoms with Crippen molar-refractivity contribution in [2.45, 2.75) is 192 Å². The first-order valence-electron chi connectivity index (χ1n) is 26.8. The van der Waals surface area contributed by atoms with Crippen LogP contribution in [0.25, 0.3) is 0 Å². The topological polar surface area (TPSA) is 541 Å². The molecular formula is C50H77N9O25. The highest BCUT2D eigenvalue weighted by molar-refractivity contribution is 5.91. The average molecular weight is 1200 g/mol. The van der Waals surface area contributed by atoms with E-state index in [0.29, 0.717) is 6.42 Å². The Kier molecular flexibility index (Phi) is 36.6. The Bertz CT molecular complexity index is 2350. The predicted molar refractivity (Wildman–Crippen MR) is 281 cm³/mol. The Morgan fingerprint density at radius 1 is 0.286 bits per heavy atom. The van der Waals surface area contributed by atoms with Crippen molar-refractivity contribution in [2.24, 2.45) is 5.73 Å². The van der Waals surface area contributed by atoms with Crippen molar-refractivity contribution in [3.63, 3.8) is 0 Å².